The number of halogens is 3. The summed E-state index contributed by atoms with van der Waals surface area (Å²) in [5.41, 5.74) is 0.644. The van der Waals surface area contributed by atoms with Gasteiger partial charge >= 0.3 is 0 Å². The summed E-state index contributed by atoms with van der Waals surface area (Å²) in [5, 5.41) is 0. The van der Waals surface area contributed by atoms with Gasteiger partial charge in [-0.05, 0) is 30.4 Å². The van der Waals surface area contributed by atoms with Crippen molar-refractivity contribution in [3.63, 3.8) is 0 Å². The van der Waals surface area contributed by atoms with Crippen LogP contribution >= 0.6 is 15.9 Å². The van der Waals surface area contributed by atoms with Gasteiger partial charge in [-0.15, -0.1) is 0 Å². The minimum absolute atomic E-state index is 0.204. The van der Waals surface area contributed by atoms with Gasteiger partial charge in [-0.1, -0.05) is 28.4 Å². The monoisotopic (exact) mass is 260 g/mol. The second kappa shape index (κ2) is 3.97. The van der Waals surface area contributed by atoms with Crippen molar-refractivity contribution >= 4 is 15.9 Å². The van der Waals surface area contributed by atoms with Crippen molar-refractivity contribution in [1.29, 1.82) is 0 Å². The highest BCUT2D eigenvalue weighted by Gasteiger charge is 2.28. The molecule has 0 heterocycles. The average Bonchev–Trinajstić information content (AvgIpc) is 2.52. The summed E-state index contributed by atoms with van der Waals surface area (Å²) >= 11 is 3.53. The molecule has 14 heavy (non-hydrogen) atoms. The second-order valence-electron chi connectivity index (χ2n) is 3.72. The lowest BCUT2D eigenvalue weighted by Crippen LogP contribution is -2.06. The third-order valence-corrected chi connectivity index (χ3v) is 3.89. The fourth-order valence-electron chi connectivity index (χ4n) is 2.07. The van der Waals surface area contributed by atoms with E-state index in [9.17, 15) is 8.78 Å². The second-order valence-corrected chi connectivity index (χ2v) is 4.90. The number of hydrogen-bond acceptors (Lipinski definition) is 0. The Morgan fingerprint density at radius 2 is 2.00 bits per heavy atom. The van der Waals surface area contributed by atoms with Gasteiger partial charge in [-0.3, -0.25) is 0 Å². The van der Waals surface area contributed by atoms with E-state index in [0.29, 0.717) is 10.4 Å². The third kappa shape index (κ3) is 1.83. The molecule has 76 valence electrons. The Hall–Kier alpha value is -0.440. The normalized spacial score (nSPS) is 26.8. The van der Waals surface area contributed by atoms with Gasteiger partial charge in [0.05, 0.1) is 0 Å². The van der Waals surface area contributed by atoms with Crippen LogP contribution in [-0.2, 0) is 0 Å². The number of rotatable bonds is 1. The Bertz CT molecular complexity index is 338. The highest BCUT2D eigenvalue weighted by Crippen LogP contribution is 2.40. The first-order valence-corrected chi connectivity index (χ1v) is 5.69. The molecule has 0 radical (unpaired) electrons. The third-order valence-electron chi connectivity index (χ3n) is 2.79. The lowest BCUT2D eigenvalue weighted by molar-refractivity contribution is 0.556. The molecule has 2 atom stereocenters. The van der Waals surface area contributed by atoms with E-state index in [-0.39, 0.29) is 5.92 Å². The van der Waals surface area contributed by atoms with Crippen LogP contribution in [0.2, 0.25) is 0 Å². The Labute approximate surface area is 90.4 Å². The smallest absolute Gasteiger partial charge is 0.129 e. The minimum atomic E-state index is -0.504. The molecule has 2 rings (SSSR count). The van der Waals surface area contributed by atoms with Crippen LogP contribution in [0.25, 0.3) is 0 Å². The quantitative estimate of drug-likeness (QED) is 0.670. The van der Waals surface area contributed by atoms with Gasteiger partial charge < -0.3 is 0 Å². The molecule has 1 aliphatic carbocycles. The first-order valence-electron chi connectivity index (χ1n) is 4.77. The highest BCUT2D eigenvalue weighted by atomic mass is 79.9. The Morgan fingerprint density at radius 1 is 1.21 bits per heavy atom. The molecule has 1 aliphatic rings. The van der Waals surface area contributed by atoms with E-state index >= 15 is 0 Å². The van der Waals surface area contributed by atoms with E-state index in [4.69, 9.17) is 0 Å². The molecule has 0 bridgehead atoms. The number of benzene rings is 1. The molecule has 1 saturated carbocycles. The zero-order valence-corrected chi connectivity index (χ0v) is 9.23. The van der Waals surface area contributed by atoms with Crippen molar-refractivity contribution in [2.24, 2.45) is 0 Å². The summed E-state index contributed by atoms with van der Waals surface area (Å²) in [5.74, 6) is -0.715. The minimum Gasteiger partial charge on any atom is -0.207 e. The zero-order chi connectivity index (χ0) is 10.1. The average molecular weight is 261 g/mol. The van der Waals surface area contributed by atoms with Gasteiger partial charge in [0.25, 0.3) is 0 Å². The molecule has 0 aromatic heterocycles. The summed E-state index contributed by atoms with van der Waals surface area (Å²) in [6, 6.07) is 3.86. The van der Waals surface area contributed by atoms with Gasteiger partial charge in [-0.2, -0.15) is 0 Å². The van der Waals surface area contributed by atoms with Crippen LogP contribution in [0.1, 0.15) is 30.7 Å². The maximum atomic E-state index is 13.4. The Morgan fingerprint density at radius 3 is 2.57 bits per heavy atom. The molecule has 1 fully saturated rings. The van der Waals surface area contributed by atoms with Crippen molar-refractivity contribution in [1.82, 2.24) is 0 Å². The maximum absolute atomic E-state index is 13.4. The van der Waals surface area contributed by atoms with Crippen LogP contribution in [0.4, 0.5) is 8.78 Å². The van der Waals surface area contributed by atoms with E-state index in [1.54, 1.807) is 6.07 Å². The lowest BCUT2D eigenvalue weighted by Gasteiger charge is -2.14. The van der Waals surface area contributed by atoms with Crippen molar-refractivity contribution in [3.8, 4) is 0 Å². The molecule has 0 N–H and O–H groups in total. The molecule has 0 amide bonds. The fourth-order valence-corrected chi connectivity index (χ4v) is 2.94. The van der Waals surface area contributed by atoms with E-state index in [0.717, 1.165) is 25.3 Å². The van der Waals surface area contributed by atoms with Gasteiger partial charge in [0, 0.05) is 10.9 Å². The lowest BCUT2D eigenvalue weighted by atomic mass is 9.97. The number of alkyl halides is 1. The fraction of sp³-hybridized carbons (Fsp3) is 0.455. The van der Waals surface area contributed by atoms with Crippen molar-refractivity contribution < 1.29 is 8.78 Å². The SMILES string of the molecule is Fc1ccc(C2CCCC2Br)c(F)c1. The van der Waals surface area contributed by atoms with E-state index in [2.05, 4.69) is 15.9 Å². The van der Waals surface area contributed by atoms with Crippen molar-refractivity contribution in [2.45, 2.75) is 30.0 Å². The first-order chi connectivity index (χ1) is 6.68. The topological polar surface area (TPSA) is 0 Å². The van der Waals surface area contributed by atoms with Crippen molar-refractivity contribution in [3.05, 3.63) is 35.4 Å². The van der Waals surface area contributed by atoms with Crippen LogP contribution < -0.4 is 0 Å². The maximum Gasteiger partial charge on any atom is 0.129 e. The summed E-state index contributed by atoms with van der Waals surface area (Å²) in [7, 11) is 0. The molecule has 0 aliphatic heterocycles. The Kier molecular flexibility index (Phi) is 2.86. The summed E-state index contributed by atoms with van der Waals surface area (Å²) in [6.07, 6.45) is 3.16. The highest BCUT2D eigenvalue weighted by molar-refractivity contribution is 9.09. The Balaban J connectivity index is 2.31. The largest absolute Gasteiger partial charge is 0.207 e. The zero-order valence-electron chi connectivity index (χ0n) is 7.64. The molecular weight excluding hydrogens is 250 g/mol. The van der Waals surface area contributed by atoms with Crippen LogP contribution in [0.15, 0.2) is 18.2 Å². The van der Waals surface area contributed by atoms with Crippen LogP contribution in [-0.4, -0.2) is 4.83 Å². The van der Waals surface area contributed by atoms with Crippen LogP contribution in [0.3, 0.4) is 0 Å². The molecule has 0 spiro atoms. The first kappa shape index (κ1) is 10.1. The summed E-state index contributed by atoms with van der Waals surface area (Å²) < 4.78 is 26.1. The van der Waals surface area contributed by atoms with Crippen LogP contribution in [0.5, 0.6) is 0 Å². The van der Waals surface area contributed by atoms with Gasteiger partial charge in [0.1, 0.15) is 11.6 Å². The molecular formula is C11H11BrF2. The summed E-state index contributed by atoms with van der Waals surface area (Å²) in [4.78, 5) is 0.336. The molecule has 2 unspecified atom stereocenters. The van der Waals surface area contributed by atoms with Gasteiger partial charge in [0.15, 0.2) is 0 Å². The van der Waals surface area contributed by atoms with Gasteiger partial charge in [0.2, 0.25) is 0 Å². The van der Waals surface area contributed by atoms with Crippen molar-refractivity contribution in [2.75, 3.05) is 0 Å². The van der Waals surface area contributed by atoms with Crippen LogP contribution in [0, 0.1) is 11.6 Å². The van der Waals surface area contributed by atoms with E-state index < -0.39 is 11.6 Å². The molecule has 3 heteroatoms. The predicted molar refractivity (Wildman–Crippen MR) is 55.7 cm³/mol. The summed E-state index contributed by atoms with van der Waals surface area (Å²) in [6.45, 7) is 0. The molecule has 1 aromatic rings. The molecule has 0 nitrogen and oxygen atoms in total. The van der Waals surface area contributed by atoms with E-state index in [1.807, 2.05) is 0 Å². The van der Waals surface area contributed by atoms with Gasteiger partial charge in [-0.25, -0.2) is 8.78 Å². The standard InChI is InChI=1S/C11H11BrF2/c12-10-3-1-2-8(10)9-5-4-7(13)6-11(9)14/h4-6,8,10H,1-3H2. The molecule has 1 aromatic carbocycles. The predicted octanol–water partition coefficient (Wildman–Crippen LogP) is 4.00. The number of hydrogen-bond donors (Lipinski definition) is 0. The molecule has 0 saturated heterocycles. The van der Waals surface area contributed by atoms with E-state index in [1.165, 1.54) is 6.07 Å².